The van der Waals surface area contributed by atoms with Crippen molar-refractivity contribution < 1.29 is 13.6 Å². The van der Waals surface area contributed by atoms with E-state index in [4.69, 9.17) is 5.73 Å². The number of hydrogen-bond acceptors (Lipinski definition) is 4. The Morgan fingerprint density at radius 3 is 2.71 bits per heavy atom. The molecule has 0 aliphatic heterocycles. The van der Waals surface area contributed by atoms with Crippen molar-refractivity contribution in [1.29, 1.82) is 0 Å². The molecule has 0 bridgehead atoms. The molecule has 0 aliphatic rings. The molecule has 0 aromatic carbocycles. The number of nitrogens with two attached hydrogens (primary N) is 1. The summed E-state index contributed by atoms with van der Waals surface area (Å²) in [5, 5.41) is 1.97. The Bertz CT molecular complexity index is 331. The summed E-state index contributed by atoms with van der Waals surface area (Å²) in [6, 6.07) is 0. The van der Waals surface area contributed by atoms with Crippen LogP contribution in [0.15, 0.2) is 12.4 Å². The van der Waals surface area contributed by atoms with Crippen LogP contribution in [0.1, 0.15) is 10.5 Å². The third-order valence-corrected chi connectivity index (χ3v) is 1.36. The number of alkyl halides is 2. The minimum Gasteiger partial charge on any atom is -0.382 e. The summed E-state index contributed by atoms with van der Waals surface area (Å²) in [7, 11) is 0. The Labute approximate surface area is 78.3 Å². The second-order valence-corrected chi connectivity index (χ2v) is 2.39. The molecule has 1 aromatic heterocycles. The molecule has 0 unspecified atom stereocenters. The maximum absolute atomic E-state index is 11.7. The first-order valence-corrected chi connectivity index (χ1v) is 3.74. The summed E-state index contributed by atoms with van der Waals surface area (Å²) >= 11 is 0. The van der Waals surface area contributed by atoms with Crippen molar-refractivity contribution in [1.82, 2.24) is 15.3 Å². The van der Waals surface area contributed by atoms with E-state index in [-0.39, 0.29) is 11.5 Å². The topological polar surface area (TPSA) is 80.9 Å². The van der Waals surface area contributed by atoms with Crippen molar-refractivity contribution in [2.75, 3.05) is 12.3 Å². The van der Waals surface area contributed by atoms with Crippen LogP contribution in [-0.2, 0) is 0 Å². The van der Waals surface area contributed by atoms with Crippen LogP contribution < -0.4 is 11.1 Å². The van der Waals surface area contributed by atoms with Crippen molar-refractivity contribution in [3.05, 3.63) is 18.1 Å². The monoisotopic (exact) mass is 202 g/mol. The SMILES string of the molecule is Nc1nccnc1C(=O)NCC(F)F. The number of carbonyl (C=O) groups is 1. The normalized spacial score (nSPS) is 10.2. The quantitative estimate of drug-likeness (QED) is 0.725. The zero-order valence-corrected chi connectivity index (χ0v) is 7.08. The zero-order valence-electron chi connectivity index (χ0n) is 7.08. The Morgan fingerprint density at radius 2 is 2.14 bits per heavy atom. The highest BCUT2D eigenvalue weighted by Crippen LogP contribution is 2.02. The van der Waals surface area contributed by atoms with Crippen LogP contribution in [-0.4, -0.2) is 28.8 Å². The Kier molecular flexibility index (Phi) is 3.27. The third-order valence-electron chi connectivity index (χ3n) is 1.36. The van der Waals surface area contributed by atoms with Crippen LogP contribution in [0.3, 0.4) is 0 Å². The molecule has 0 fully saturated rings. The van der Waals surface area contributed by atoms with Gasteiger partial charge < -0.3 is 11.1 Å². The minimum absolute atomic E-state index is 0.0840. The van der Waals surface area contributed by atoms with Gasteiger partial charge in [0, 0.05) is 12.4 Å². The number of nitrogens with one attached hydrogen (secondary N) is 1. The first kappa shape index (κ1) is 10.3. The van der Waals surface area contributed by atoms with E-state index in [1.165, 1.54) is 12.4 Å². The maximum Gasteiger partial charge on any atom is 0.273 e. The number of carbonyl (C=O) groups excluding carboxylic acids is 1. The molecule has 0 saturated carbocycles. The van der Waals surface area contributed by atoms with Crippen LogP contribution in [0.2, 0.25) is 0 Å². The summed E-state index contributed by atoms with van der Waals surface area (Å²) in [5.74, 6) is -0.838. The smallest absolute Gasteiger partial charge is 0.273 e. The molecule has 0 aliphatic carbocycles. The molecule has 0 saturated heterocycles. The van der Waals surface area contributed by atoms with E-state index >= 15 is 0 Å². The number of anilines is 1. The summed E-state index contributed by atoms with van der Waals surface area (Å²) in [6.07, 6.45) is -0.0378. The van der Waals surface area contributed by atoms with Gasteiger partial charge in [-0.3, -0.25) is 4.79 Å². The minimum atomic E-state index is -2.60. The first-order chi connectivity index (χ1) is 6.61. The van der Waals surface area contributed by atoms with Crippen LogP contribution in [0.4, 0.5) is 14.6 Å². The van der Waals surface area contributed by atoms with Crippen molar-refractivity contribution >= 4 is 11.7 Å². The summed E-state index contributed by atoms with van der Waals surface area (Å²) in [5.41, 5.74) is 5.16. The second kappa shape index (κ2) is 4.45. The molecule has 7 heteroatoms. The fourth-order valence-electron chi connectivity index (χ4n) is 0.777. The van der Waals surface area contributed by atoms with E-state index in [2.05, 4.69) is 9.97 Å². The number of rotatable bonds is 3. The van der Waals surface area contributed by atoms with E-state index in [1.807, 2.05) is 5.32 Å². The van der Waals surface area contributed by atoms with Crippen LogP contribution >= 0.6 is 0 Å². The predicted octanol–water partition coefficient (Wildman–Crippen LogP) is 0.0537. The highest BCUT2D eigenvalue weighted by Gasteiger charge is 2.13. The van der Waals surface area contributed by atoms with Gasteiger partial charge in [0.25, 0.3) is 12.3 Å². The van der Waals surface area contributed by atoms with E-state index in [9.17, 15) is 13.6 Å². The maximum atomic E-state index is 11.7. The Morgan fingerprint density at radius 1 is 1.50 bits per heavy atom. The fraction of sp³-hybridized carbons (Fsp3) is 0.286. The lowest BCUT2D eigenvalue weighted by Crippen LogP contribution is -2.30. The molecule has 1 aromatic rings. The van der Waals surface area contributed by atoms with Gasteiger partial charge in [-0.2, -0.15) is 0 Å². The fourth-order valence-corrected chi connectivity index (χ4v) is 0.777. The predicted molar refractivity (Wildman–Crippen MR) is 44.8 cm³/mol. The van der Waals surface area contributed by atoms with Crippen LogP contribution in [0.25, 0.3) is 0 Å². The highest BCUT2D eigenvalue weighted by molar-refractivity contribution is 5.96. The largest absolute Gasteiger partial charge is 0.382 e. The molecule has 1 rings (SSSR count). The van der Waals surface area contributed by atoms with E-state index < -0.39 is 18.9 Å². The third kappa shape index (κ3) is 2.61. The summed E-state index contributed by atoms with van der Waals surface area (Å²) in [6.45, 7) is -0.727. The Balaban J connectivity index is 2.65. The van der Waals surface area contributed by atoms with Gasteiger partial charge in [0.1, 0.15) is 0 Å². The van der Waals surface area contributed by atoms with Gasteiger partial charge in [-0.05, 0) is 0 Å². The van der Waals surface area contributed by atoms with Gasteiger partial charge in [0.05, 0.1) is 6.54 Å². The van der Waals surface area contributed by atoms with E-state index in [1.54, 1.807) is 0 Å². The number of nitrogen functional groups attached to an aromatic ring is 1. The molecule has 0 radical (unpaired) electrons. The standard InChI is InChI=1S/C7H8F2N4O/c8-4(9)3-13-7(14)5-6(10)12-2-1-11-5/h1-2,4H,3H2,(H2,10,12)(H,13,14). The molecule has 0 atom stereocenters. The average Bonchev–Trinajstić information content (AvgIpc) is 2.15. The molecule has 1 amide bonds. The van der Waals surface area contributed by atoms with Crippen molar-refractivity contribution in [2.45, 2.75) is 6.43 Å². The van der Waals surface area contributed by atoms with E-state index in [0.717, 1.165) is 0 Å². The van der Waals surface area contributed by atoms with Gasteiger partial charge in [0.2, 0.25) is 0 Å². The van der Waals surface area contributed by atoms with Gasteiger partial charge in [0.15, 0.2) is 11.5 Å². The molecule has 1 heterocycles. The molecule has 14 heavy (non-hydrogen) atoms. The molecular formula is C7H8F2N4O. The second-order valence-electron chi connectivity index (χ2n) is 2.39. The molecule has 5 nitrogen and oxygen atoms in total. The first-order valence-electron chi connectivity index (χ1n) is 3.74. The van der Waals surface area contributed by atoms with Crippen LogP contribution in [0, 0.1) is 0 Å². The number of halogens is 2. The van der Waals surface area contributed by atoms with Crippen LogP contribution in [0.5, 0.6) is 0 Å². The Hall–Kier alpha value is -1.79. The number of nitrogens with zero attached hydrogens (tertiary/aromatic N) is 2. The lowest BCUT2D eigenvalue weighted by molar-refractivity contribution is 0.0887. The van der Waals surface area contributed by atoms with Gasteiger partial charge in [-0.15, -0.1) is 0 Å². The number of aromatic nitrogens is 2. The summed E-state index contributed by atoms with van der Waals surface area (Å²) in [4.78, 5) is 18.3. The average molecular weight is 202 g/mol. The molecule has 0 spiro atoms. The molecule has 3 N–H and O–H groups in total. The lowest BCUT2D eigenvalue weighted by Gasteiger charge is -2.04. The molecule has 76 valence electrons. The van der Waals surface area contributed by atoms with E-state index in [0.29, 0.717) is 0 Å². The van der Waals surface area contributed by atoms with Crippen molar-refractivity contribution in [3.63, 3.8) is 0 Å². The molecular weight excluding hydrogens is 194 g/mol. The lowest BCUT2D eigenvalue weighted by atomic mass is 10.4. The number of hydrogen-bond donors (Lipinski definition) is 2. The highest BCUT2D eigenvalue weighted by atomic mass is 19.3. The van der Waals surface area contributed by atoms with Gasteiger partial charge in [-0.25, -0.2) is 18.7 Å². The van der Waals surface area contributed by atoms with Gasteiger partial charge >= 0.3 is 0 Å². The zero-order chi connectivity index (χ0) is 10.6. The van der Waals surface area contributed by atoms with Crippen molar-refractivity contribution in [2.24, 2.45) is 0 Å². The summed E-state index contributed by atoms with van der Waals surface area (Å²) < 4.78 is 23.5. The van der Waals surface area contributed by atoms with Crippen molar-refractivity contribution in [3.8, 4) is 0 Å². The van der Waals surface area contributed by atoms with Gasteiger partial charge in [-0.1, -0.05) is 0 Å². The number of amides is 1.